The van der Waals surface area contributed by atoms with Crippen molar-refractivity contribution in [3.8, 4) is 0 Å². The van der Waals surface area contributed by atoms with Gasteiger partial charge in [0.05, 0.1) is 5.41 Å². The van der Waals surface area contributed by atoms with Crippen LogP contribution in [0.4, 0.5) is 0 Å². The first kappa shape index (κ1) is 16.3. The van der Waals surface area contributed by atoms with Crippen molar-refractivity contribution in [2.75, 3.05) is 19.6 Å². The number of benzene rings is 1. The second-order valence-corrected chi connectivity index (χ2v) is 7.50. The molecule has 5 heteroatoms. The fraction of sp³-hybridized carbons (Fsp3) is 0.550. The van der Waals surface area contributed by atoms with E-state index in [0.717, 1.165) is 56.3 Å². The van der Waals surface area contributed by atoms with Gasteiger partial charge in [0.15, 0.2) is 0 Å². The molecule has 0 aromatic heterocycles. The number of likely N-dealkylation sites (tertiary alicyclic amines) is 2. The number of carbonyl (C=O) groups excluding carboxylic acids is 3. The van der Waals surface area contributed by atoms with E-state index in [4.69, 9.17) is 0 Å². The van der Waals surface area contributed by atoms with Gasteiger partial charge in [-0.2, -0.15) is 0 Å². The smallest absolute Gasteiger partial charge is 0.242 e. The number of hydrogen-bond acceptors (Lipinski definition) is 3. The highest BCUT2D eigenvalue weighted by Gasteiger charge is 2.55. The first-order valence-corrected chi connectivity index (χ1v) is 9.33. The van der Waals surface area contributed by atoms with E-state index in [-0.39, 0.29) is 30.7 Å². The van der Waals surface area contributed by atoms with Gasteiger partial charge in [-0.1, -0.05) is 37.1 Å². The molecule has 0 bridgehead atoms. The predicted octanol–water partition coefficient (Wildman–Crippen LogP) is 2.03. The standard InChI is InChI=1S/C20H24N2O3/c23-17-13-20(10-9-15-7-3-4-8-16(15)20)19(25)22(17)14-18(24)21-11-5-1-2-6-12-21/h3-4,7-8H,1-2,5-6,9-14H2. The number of aryl methyl sites for hydroxylation is 1. The van der Waals surface area contributed by atoms with Gasteiger partial charge < -0.3 is 4.90 Å². The fourth-order valence-electron chi connectivity index (χ4n) is 4.61. The lowest BCUT2D eigenvalue weighted by Gasteiger charge is -2.25. The lowest BCUT2D eigenvalue weighted by molar-refractivity contribution is -0.146. The summed E-state index contributed by atoms with van der Waals surface area (Å²) < 4.78 is 0. The van der Waals surface area contributed by atoms with E-state index in [1.807, 2.05) is 29.2 Å². The molecule has 132 valence electrons. The molecule has 3 aliphatic rings. The number of nitrogens with zero attached hydrogens (tertiary/aromatic N) is 2. The molecule has 2 fully saturated rings. The Labute approximate surface area is 148 Å². The van der Waals surface area contributed by atoms with E-state index in [9.17, 15) is 14.4 Å². The maximum Gasteiger partial charge on any atom is 0.242 e. The number of amides is 3. The number of carbonyl (C=O) groups is 3. The summed E-state index contributed by atoms with van der Waals surface area (Å²) in [6, 6.07) is 7.90. The lowest BCUT2D eigenvalue weighted by atomic mass is 9.80. The highest BCUT2D eigenvalue weighted by molar-refractivity contribution is 6.11. The summed E-state index contributed by atoms with van der Waals surface area (Å²) in [4.78, 5) is 41.4. The third kappa shape index (κ3) is 2.66. The number of imide groups is 1. The van der Waals surface area contributed by atoms with Crippen molar-refractivity contribution >= 4 is 17.7 Å². The summed E-state index contributed by atoms with van der Waals surface area (Å²) in [6.45, 7) is 1.38. The lowest BCUT2D eigenvalue weighted by Crippen LogP contribution is -2.45. The molecule has 1 spiro atoms. The van der Waals surface area contributed by atoms with Crippen molar-refractivity contribution in [1.82, 2.24) is 9.80 Å². The molecular formula is C20H24N2O3. The Morgan fingerprint density at radius 2 is 1.76 bits per heavy atom. The Kier molecular flexibility index (Phi) is 4.10. The molecule has 1 aromatic rings. The molecule has 3 amide bonds. The Morgan fingerprint density at radius 3 is 2.52 bits per heavy atom. The average molecular weight is 340 g/mol. The van der Waals surface area contributed by atoms with Crippen LogP contribution in [0.15, 0.2) is 24.3 Å². The molecule has 2 saturated heterocycles. The molecule has 2 aliphatic heterocycles. The van der Waals surface area contributed by atoms with Gasteiger partial charge in [-0.25, -0.2) is 0 Å². The SMILES string of the molecule is O=C(CN1C(=O)CC2(CCc3ccccc32)C1=O)N1CCCCCC1. The average Bonchev–Trinajstić information content (AvgIpc) is 2.94. The van der Waals surface area contributed by atoms with Gasteiger partial charge in [0.1, 0.15) is 6.54 Å². The zero-order valence-electron chi connectivity index (χ0n) is 14.5. The van der Waals surface area contributed by atoms with Gasteiger partial charge in [-0.3, -0.25) is 19.3 Å². The highest BCUT2D eigenvalue weighted by atomic mass is 16.2. The van der Waals surface area contributed by atoms with Crippen LogP contribution < -0.4 is 0 Å². The van der Waals surface area contributed by atoms with Crippen LogP contribution in [0.1, 0.15) is 49.7 Å². The molecular weight excluding hydrogens is 316 g/mol. The molecule has 2 heterocycles. The molecule has 1 aliphatic carbocycles. The molecule has 1 aromatic carbocycles. The third-order valence-electron chi connectivity index (χ3n) is 6.01. The molecule has 25 heavy (non-hydrogen) atoms. The summed E-state index contributed by atoms with van der Waals surface area (Å²) in [5, 5.41) is 0. The minimum Gasteiger partial charge on any atom is -0.341 e. The maximum absolute atomic E-state index is 13.1. The second-order valence-electron chi connectivity index (χ2n) is 7.50. The quantitative estimate of drug-likeness (QED) is 0.774. The summed E-state index contributed by atoms with van der Waals surface area (Å²) in [6.07, 6.45) is 6.00. The molecule has 1 unspecified atom stereocenters. The highest BCUT2D eigenvalue weighted by Crippen LogP contribution is 2.46. The van der Waals surface area contributed by atoms with Gasteiger partial charge in [0.25, 0.3) is 0 Å². The van der Waals surface area contributed by atoms with Crippen LogP contribution in [0.3, 0.4) is 0 Å². The number of hydrogen-bond donors (Lipinski definition) is 0. The molecule has 0 saturated carbocycles. The predicted molar refractivity (Wildman–Crippen MR) is 92.8 cm³/mol. The van der Waals surface area contributed by atoms with Gasteiger partial charge in [0, 0.05) is 19.5 Å². The zero-order valence-corrected chi connectivity index (χ0v) is 14.5. The Bertz CT molecular complexity index is 721. The molecule has 0 N–H and O–H groups in total. The van der Waals surface area contributed by atoms with Crippen LogP contribution in [0.25, 0.3) is 0 Å². The van der Waals surface area contributed by atoms with Crippen molar-refractivity contribution in [1.29, 1.82) is 0 Å². The number of fused-ring (bicyclic) bond motifs is 2. The van der Waals surface area contributed by atoms with Crippen molar-refractivity contribution < 1.29 is 14.4 Å². The van der Waals surface area contributed by atoms with Crippen molar-refractivity contribution in [3.05, 3.63) is 35.4 Å². The first-order chi connectivity index (χ1) is 12.1. The van der Waals surface area contributed by atoms with Gasteiger partial charge in [-0.15, -0.1) is 0 Å². The van der Waals surface area contributed by atoms with Crippen LogP contribution in [0.2, 0.25) is 0 Å². The van der Waals surface area contributed by atoms with Crippen LogP contribution >= 0.6 is 0 Å². The van der Waals surface area contributed by atoms with Gasteiger partial charge in [-0.05, 0) is 36.8 Å². The monoisotopic (exact) mass is 340 g/mol. The third-order valence-corrected chi connectivity index (χ3v) is 6.01. The molecule has 0 radical (unpaired) electrons. The zero-order chi connectivity index (χ0) is 17.4. The summed E-state index contributed by atoms with van der Waals surface area (Å²) >= 11 is 0. The van der Waals surface area contributed by atoms with Gasteiger partial charge >= 0.3 is 0 Å². The van der Waals surface area contributed by atoms with Gasteiger partial charge in [0.2, 0.25) is 17.7 Å². The maximum atomic E-state index is 13.1. The normalized spacial score (nSPS) is 26.2. The van der Waals surface area contributed by atoms with E-state index in [1.54, 1.807) is 0 Å². The summed E-state index contributed by atoms with van der Waals surface area (Å²) in [7, 11) is 0. The largest absolute Gasteiger partial charge is 0.341 e. The molecule has 1 atom stereocenters. The van der Waals surface area contributed by atoms with E-state index in [2.05, 4.69) is 0 Å². The van der Waals surface area contributed by atoms with E-state index in [0.29, 0.717) is 6.42 Å². The topological polar surface area (TPSA) is 57.7 Å². The van der Waals surface area contributed by atoms with E-state index < -0.39 is 5.41 Å². The van der Waals surface area contributed by atoms with Crippen LogP contribution in [0.5, 0.6) is 0 Å². The van der Waals surface area contributed by atoms with Crippen LogP contribution in [-0.4, -0.2) is 47.2 Å². The summed E-state index contributed by atoms with van der Waals surface area (Å²) in [5.41, 5.74) is 1.41. The molecule has 5 nitrogen and oxygen atoms in total. The number of rotatable bonds is 2. The second kappa shape index (κ2) is 6.28. The van der Waals surface area contributed by atoms with Crippen molar-refractivity contribution in [2.24, 2.45) is 0 Å². The minimum absolute atomic E-state index is 0.0908. The Morgan fingerprint density at radius 1 is 1.04 bits per heavy atom. The van der Waals surface area contributed by atoms with Crippen LogP contribution in [0, 0.1) is 0 Å². The Hall–Kier alpha value is -2.17. The minimum atomic E-state index is -0.729. The van der Waals surface area contributed by atoms with E-state index in [1.165, 1.54) is 4.90 Å². The van der Waals surface area contributed by atoms with Crippen molar-refractivity contribution in [2.45, 2.75) is 50.4 Å². The first-order valence-electron chi connectivity index (χ1n) is 9.33. The Balaban J connectivity index is 1.53. The van der Waals surface area contributed by atoms with E-state index >= 15 is 0 Å². The molecule has 4 rings (SSSR count). The van der Waals surface area contributed by atoms with Crippen molar-refractivity contribution in [3.63, 3.8) is 0 Å². The summed E-state index contributed by atoms with van der Waals surface area (Å²) in [5.74, 6) is -0.470. The fourth-order valence-corrected chi connectivity index (χ4v) is 4.61. The van der Waals surface area contributed by atoms with Crippen LogP contribution in [-0.2, 0) is 26.2 Å².